The highest BCUT2D eigenvalue weighted by molar-refractivity contribution is 7.91. The Morgan fingerprint density at radius 3 is 3.00 bits per heavy atom. The lowest BCUT2D eigenvalue weighted by atomic mass is 10.2. The molecular weight excluding hydrogens is 240 g/mol. The van der Waals surface area contributed by atoms with Gasteiger partial charge in [0.2, 0.25) is 0 Å². The predicted octanol–water partition coefficient (Wildman–Crippen LogP) is 0.0211. The molecule has 2 aliphatic rings. The van der Waals surface area contributed by atoms with Gasteiger partial charge < -0.3 is 9.88 Å². The van der Waals surface area contributed by atoms with Crippen LogP contribution in [0.5, 0.6) is 0 Å². The number of rotatable bonds is 1. The van der Waals surface area contributed by atoms with Crippen LogP contribution in [0.3, 0.4) is 0 Å². The van der Waals surface area contributed by atoms with Crippen molar-refractivity contribution in [3.8, 4) is 0 Å². The lowest BCUT2D eigenvalue weighted by Gasteiger charge is -2.23. The van der Waals surface area contributed by atoms with Crippen LogP contribution in [0, 0.1) is 0 Å². The molecule has 0 aromatic carbocycles. The second kappa shape index (κ2) is 4.06. The summed E-state index contributed by atoms with van der Waals surface area (Å²) in [5, 5.41) is 11.0. The van der Waals surface area contributed by atoms with Crippen molar-refractivity contribution in [3.63, 3.8) is 0 Å². The Bertz CT molecular complexity index is 522. The molecule has 0 aliphatic carbocycles. The summed E-state index contributed by atoms with van der Waals surface area (Å²) in [6, 6.07) is 0. The lowest BCUT2D eigenvalue weighted by Crippen LogP contribution is -2.31. The molecule has 1 atom stereocenters. The highest BCUT2D eigenvalue weighted by Gasteiger charge is 2.35. The topological polar surface area (TPSA) is 76.9 Å². The maximum atomic E-state index is 12.1. The van der Waals surface area contributed by atoms with E-state index in [2.05, 4.69) is 15.5 Å². The van der Waals surface area contributed by atoms with Crippen LogP contribution in [0.1, 0.15) is 36.2 Å². The van der Waals surface area contributed by atoms with Gasteiger partial charge in [0, 0.05) is 13.1 Å². The van der Waals surface area contributed by atoms with Gasteiger partial charge in [-0.05, 0) is 12.8 Å². The monoisotopic (exact) mass is 256 g/mol. The molecule has 1 aromatic heterocycles. The Balaban J connectivity index is 2.01. The third kappa shape index (κ3) is 1.87. The van der Waals surface area contributed by atoms with Gasteiger partial charge in [-0.15, -0.1) is 10.2 Å². The van der Waals surface area contributed by atoms with E-state index >= 15 is 0 Å². The van der Waals surface area contributed by atoms with Crippen LogP contribution >= 0.6 is 0 Å². The van der Waals surface area contributed by atoms with E-state index in [1.54, 1.807) is 0 Å². The van der Waals surface area contributed by atoms with Crippen LogP contribution in [0.2, 0.25) is 0 Å². The number of fused-ring (bicyclic) bond motifs is 1. The molecule has 3 rings (SSSR count). The van der Waals surface area contributed by atoms with Gasteiger partial charge >= 0.3 is 0 Å². The first-order valence-corrected chi connectivity index (χ1v) is 7.74. The van der Waals surface area contributed by atoms with Crippen LogP contribution in [-0.2, 0) is 22.9 Å². The van der Waals surface area contributed by atoms with Gasteiger partial charge in [-0.3, -0.25) is 0 Å². The molecule has 17 heavy (non-hydrogen) atoms. The van der Waals surface area contributed by atoms with Gasteiger partial charge in [-0.25, -0.2) is 8.42 Å². The van der Waals surface area contributed by atoms with Gasteiger partial charge in [-0.1, -0.05) is 6.42 Å². The SMILES string of the molecule is O=S1(=O)CCCCC1c1nnc2n1CCNC2. The number of hydrogen-bond donors (Lipinski definition) is 1. The Kier molecular flexibility index (Phi) is 2.67. The minimum atomic E-state index is -3.02. The molecule has 1 saturated heterocycles. The summed E-state index contributed by atoms with van der Waals surface area (Å²) in [4.78, 5) is 0. The summed E-state index contributed by atoms with van der Waals surface area (Å²) in [7, 11) is -3.02. The maximum absolute atomic E-state index is 12.1. The van der Waals surface area contributed by atoms with Crippen molar-refractivity contribution < 1.29 is 8.42 Å². The third-order valence-electron chi connectivity index (χ3n) is 3.52. The molecular formula is C10H16N4O2S. The van der Waals surface area contributed by atoms with Gasteiger partial charge in [0.15, 0.2) is 15.7 Å². The summed E-state index contributed by atoms with van der Waals surface area (Å²) in [6.45, 7) is 2.30. The summed E-state index contributed by atoms with van der Waals surface area (Å²) >= 11 is 0. The first-order valence-electron chi connectivity index (χ1n) is 6.03. The van der Waals surface area contributed by atoms with E-state index in [0.29, 0.717) is 18.8 Å². The van der Waals surface area contributed by atoms with Crippen molar-refractivity contribution in [1.82, 2.24) is 20.1 Å². The fraction of sp³-hybridized carbons (Fsp3) is 0.800. The Hall–Kier alpha value is -0.950. The Labute approximate surface area is 100 Å². The van der Waals surface area contributed by atoms with Gasteiger partial charge in [0.25, 0.3) is 0 Å². The second-order valence-corrected chi connectivity index (χ2v) is 6.96. The molecule has 94 valence electrons. The van der Waals surface area contributed by atoms with Crippen LogP contribution in [0.4, 0.5) is 0 Å². The Morgan fingerprint density at radius 1 is 1.29 bits per heavy atom. The van der Waals surface area contributed by atoms with E-state index in [4.69, 9.17) is 0 Å². The predicted molar refractivity (Wildman–Crippen MR) is 62.1 cm³/mol. The molecule has 1 fully saturated rings. The minimum absolute atomic E-state index is 0.290. The molecule has 0 radical (unpaired) electrons. The van der Waals surface area contributed by atoms with Crippen molar-refractivity contribution in [3.05, 3.63) is 11.6 Å². The standard InChI is InChI=1S/C10H16N4O2S/c15-17(16)6-2-1-3-8(17)10-13-12-9-7-11-4-5-14(9)10/h8,11H,1-7H2. The zero-order valence-corrected chi connectivity index (χ0v) is 10.4. The zero-order valence-electron chi connectivity index (χ0n) is 9.59. The number of aromatic nitrogens is 3. The van der Waals surface area contributed by atoms with Gasteiger partial charge in [-0.2, -0.15) is 0 Å². The molecule has 0 amide bonds. The minimum Gasteiger partial charge on any atom is -0.312 e. The highest BCUT2D eigenvalue weighted by atomic mass is 32.2. The van der Waals surface area contributed by atoms with Crippen molar-refractivity contribution in [1.29, 1.82) is 0 Å². The summed E-state index contributed by atoms with van der Waals surface area (Å²) in [5.41, 5.74) is 0. The normalized spacial score (nSPS) is 27.6. The third-order valence-corrected chi connectivity index (χ3v) is 5.69. The van der Waals surface area contributed by atoms with E-state index in [0.717, 1.165) is 31.8 Å². The summed E-state index contributed by atoms with van der Waals surface area (Å²) in [6.07, 6.45) is 2.43. The average molecular weight is 256 g/mol. The molecule has 3 heterocycles. The van der Waals surface area contributed by atoms with Crippen molar-refractivity contribution >= 4 is 9.84 Å². The average Bonchev–Trinajstić information content (AvgIpc) is 2.72. The summed E-state index contributed by atoms with van der Waals surface area (Å²) in [5.74, 6) is 1.80. The number of nitrogens with zero attached hydrogens (tertiary/aromatic N) is 3. The number of nitrogens with one attached hydrogen (secondary N) is 1. The quantitative estimate of drug-likeness (QED) is 0.766. The van der Waals surface area contributed by atoms with E-state index in [-0.39, 0.29) is 5.75 Å². The fourth-order valence-electron chi connectivity index (χ4n) is 2.60. The first-order chi connectivity index (χ1) is 8.18. The van der Waals surface area contributed by atoms with Gasteiger partial charge in [0.1, 0.15) is 11.1 Å². The van der Waals surface area contributed by atoms with Crippen LogP contribution in [0.25, 0.3) is 0 Å². The van der Waals surface area contributed by atoms with Crippen LogP contribution in [-0.4, -0.2) is 35.5 Å². The van der Waals surface area contributed by atoms with Crippen LogP contribution in [0.15, 0.2) is 0 Å². The molecule has 1 N–H and O–H groups in total. The molecule has 0 spiro atoms. The van der Waals surface area contributed by atoms with Crippen molar-refractivity contribution in [2.75, 3.05) is 12.3 Å². The molecule has 0 saturated carbocycles. The second-order valence-electron chi connectivity index (χ2n) is 4.65. The number of hydrogen-bond acceptors (Lipinski definition) is 5. The van der Waals surface area contributed by atoms with Crippen molar-refractivity contribution in [2.24, 2.45) is 0 Å². The fourth-order valence-corrected chi connectivity index (χ4v) is 4.51. The lowest BCUT2D eigenvalue weighted by molar-refractivity contribution is 0.477. The Morgan fingerprint density at radius 2 is 2.18 bits per heavy atom. The smallest absolute Gasteiger partial charge is 0.160 e. The molecule has 1 unspecified atom stereocenters. The molecule has 7 heteroatoms. The van der Waals surface area contributed by atoms with Crippen LogP contribution < -0.4 is 5.32 Å². The molecule has 2 aliphatic heterocycles. The maximum Gasteiger partial charge on any atom is 0.160 e. The first kappa shape index (κ1) is 11.2. The molecule has 0 bridgehead atoms. The van der Waals surface area contributed by atoms with E-state index in [1.807, 2.05) is 4.57 Å². The van der Waals surface area contributed by atoms with Gasteiger partial charge in [0.05, 0.1) is 12.3 Å². The van der Waals surface area contributed by atoms with Crippen molar-refractivity contribution in [2.45, 2.75) is 37.6 Å². The molecule has 1 aromatic rings. The molecule has 6 nitrogen and oxygen atoms in total. The largest absolute Gasteiger partial charge is 0.312 e. The highest BCUT2D eigenvalue weighted by Crippen LogP contribution is 2.32. The summed E-state index contributed by atoms with van der Waals surface area (Å²) < 4.78 is 26.1. The zero-order chi connectivity index (χ0) is 11.9. The van der Waals surface area contributed by atoms with E-state index < -0.39 is 15.1 Å². The number of sulfone groups is 1. The van der Waals surface area contributed by atoms with E-state index in [1.165, 1.54) is 0 Å². The van der Waals surface area contributed by atoms with E-state index in [9.17, 15) is 8.42 Å².